The van der Waals surface area contributed by atoms with Crippen LogP contribution in [0.3, 0.4) is 0 Å². The molecular weight excluding hydrogens is 290 g/mol. The minimum atomic E-state index is -0.0561. The van der Waals surface area contributed by atoms with Crippen LogP contribution < -0.4 is 5.32 Å². The smallest absolute Gasteiger partial charge is 0.321 e. The number of hydrogen-bond donors (Lipinski definition) is 1. The van der Waals surface area contributed by atoms with E-state index in [9.17, 15) is 4.79 Å². The van der Waals surface area contributed by atoms with Gasteiger partial charge in [0.25, 0.3) is 0 Å². The van der Waals surface area contributed by atoms with Crippen LogP contribution in [-0.4, -0.2) is 38.8 Å². The largest absolute Gasteiger partial charge is 0.325 e. The van der Waals surface area contributed by atoms with E-state index in [1.54, 1.807) is 11.0 Å². The topological polar surface area (TPSA) is 63.1 Å². The number of benzene rings is 1. The lowest BCUT2D eigenvalue weighted by Crippen LogP contribution is -2.36. The van der Waals surface area contributed by atoms with Gasteiger partial charge >= 0.3 is 6.03 Å². The van der Waals surface area contributed by atoms with Crippen molar-refractivity contribution >= 4 is 11.7 Å². The Kier molecular flexibility index (Phi) is 6.59. The van der Waals surface area contributed by atoms with Gasteiger partial charge in [-0.05, 0) is 25.0 Å². The number of rotatable bonds is 8. The Morgan fingerprint density at radius 1 is 1.17 bits per heavy atom. The third kappa shape index (κ3) is 4.81. The van der Waals surface area contributed by atoms with Crippen molar-refractivity contribution < 1.29 is 4.79 Å². The highest BCUT2D eigenvalue weighted by Crippen LogP contribution is 2.19. The van der Waals surface area contributed by atoms with Crippen molar-refractivity contribution in [3.63, 3.8) is 0 Å². The van der Waals surface area contributed by atoms with Crippen molar-refractivity contribution in [2.75, 3.05) is 18.4 Å². The van der Waals surface area contributed by atoms with E-state index in [2.05, 4.69) is 29.2 Å². The van der Waals surface area contributed by atoms with Crippen LogP contribution in [0.2, 0.25) is 0 Å². The minimum Gasteiger partial charge on any atom is -0.325 e. The molecule has 124 valence electrons. The van der Waals surface area contributed by atoms with E-state index in [4.69, 9.17) is 0 Å². The lowest BCUT2D eigenvalue weighted by atomic mass is 10.2. The lowest BCUT2D eigenvalue weighted by Gasteiger charge is -2.23. The number of nitrogens with one attached hydrogen (secondary N) is 1. The van der Waals surface area contributed by atoms with E-state index in [0.717, 1.165) is 50.1 Å². The zero-order valence-corrected chi connectivity index (χ0v) is 13.9. The Labute approximate surface area is 137 Å². The Morgan fingerprint density at radius 3 is 2.48 bits per heavy atom. The van der Waals surface area contributed by atoms with Crippen LogP contribution in [0.1, 0.15) is 39.5 Å². The van der Waals surface area contributed by atoms with Crippen molar-refractivity contribution in [2.24, 2.45) is 0 Å². The molecule has 2 amide bonds. The molecule has 0 bridgehead atoms. The summed E-state index contributed by atoms with van der Waals surface area (Å²) < 4.78 is 1.65. The molecule has 0 spiro atoms. The van der Waals surface area contributed by atoms with Crippen molar-refractivity contribution in [1.82, 2.24) is 19.7 Å². The van der Waals surface area contributed by atoms with Gasteiger partial charge in [-0.1, -0.05) is 38.8 Å². The molecule has 6 heteroatoms. The summed E-state index contributed by atoms with van der Waals surface area (Å²) in [7, 11) is 0. The number of anilines is 1. The summed E-state index contributed by atoms with van der Waals surface area (Å²) in [5.41, 5.74) is 1.55. The van der Waals surface area contributed by atoms with Gasteiger partial charge in [0.2, 0.25) is 0 Å². The number of nitrogens with zero attached hydrogens (tertiary/aromatic N) is 4. The van der Waals surface area contributed by atoms with Crippen LogP contribution in [0.25, 0.3) is 5.69 Å². The maximum atomic E-state index is 12.6. The van der Waals surface area contributed by atoms with Crippen molar-refractivity contribution in [2.45, 2.75) is 39.5 Å². The summed E-state index contributed by atoms with van der Waals surface area (Å²) in [5, 5.41) is 7.15. The maximum Gasteiger partial charge on any atom is 0.321 e. The highest BCUT2D eigenvalue weighted by atomic mass is 16.2. The first-order chi connectivity index (χ1) is 11.3. The van der Waals surface area contributed by atoms with E-state index in [1.807, 2.05) is 29.2 Å². The molecule has 1 aromatic heterocycles. The Morgan fingerprint density at radius 2 is 1.87 bits per heavy atom. The standard InChI is InChI=1S/C17H25N5O/c1-3-5-11-21(12-6-4-2)17(23)20-15-9-7-8-10-16(15)22-14-18-13-19-22/h7-10,13-14H,3-6,11-12H2,1-2H3,(H,20,23). The SMILES string of the molecule is CCCCN(CCCC)C(=O)Nc1ccccc1-n1cncn1. The third-order valence-electron chi connectivity index (χ3n) is 3.66. The van der Waals surface area contributed by atoms with Gasteiger partial charge < -0.3 is 10.2 Å². The predicted octanol–water partition coefficient (Wildman–Crippen LogP) is 3.70. The van der Waals surface area contributed by atoms with Gasteiger partial charge in [-0.25, -0.2) is 14.5 Å². The van der Waals surface area contributed by atoms with Gasteiger partial charge in [-0.15, -0.1) is 0 Å². The first-order valence-electron chi connectivity index (χ1n) is 8.26. The van der Waals surface area contributed by atoms with Crippen LogP contribution in [0.4, 0.5) is 10.5 Å². The molecule has 0 aliphatic heterocycles. The fraction of sp³-hybridized carbons (Fsp3) is 0.471. The van der Waals surface area contributed by atoms with Crippen LogP contribution in [0.5, 0.6) is 0 Å². The number of hydrogen-bond acceptors (Lipinski definition) is 3. The van der Waals surface area contributed by atoms with Crippen LogP contribution in [0.15, 0.2) is 36.9 Å². The second-order valence-electron chi connectivity index (χ2n) is 5.48. The molecule has 0 aliphatic carbocycles. The molecule has 1 N–H and O–H groups in total. The molecule has 0 saturated carbocycles. The number of aromatic nitrogens is 3. The molecule has 0 radical (unpaired) electrons. The average molecular weight is 315 g/mol. The van der Waals surface area contributed by atoms with Gasteiger partial charge in [-0.3, -0.25) is 0 Å². The van der Waals surface area contributed by atoms with Crippen molar-refractivity contribution in [3.8, 4) is 5.69 Å². The van der Waals surface area contributed by atoms with Crippen LogP contribution in [0, 0.1) is 0 Å². The van der Waals surface area contributed by atoms with E-state index >= 15 is 0 Å². The van der Waals surface area contributed by atoms with Crippen LogP contribution >= 0.6 is 0 Å². The zero-order valence-electron chi connectivity index (χ0n) is 13.9. The molecule has 1 aromatic carbocycles. The molecule has 1 heterocycles. The number of urea groups is 1. The third-order valence-corrected chi connectivity index (χ3v) is 3.66. The second-order valence-corrected chi connectivity index (χ2v) is 5.48. The summed E-state index contributed by atoms with van der Waals surface area (Å²) >= 11 is 0. The molecule has 23 heavy (non-hydrogen) atoms. The van der Waals surface area contributed by atoms with E-state index in [-0.39, 0.29) is 6.03 Å². The van der Waals surface area contributed by atoms with Gasteiger partial charge in [0.15, 0.2) is 0 Å². The fourth-order valence-corrected chi connectivity index (χ4v) is 2.32. The second kappa shape index (κ2) is 8.92. The number of amides is 2. The van der Waals surface area contributed by atoms with Crippen LogP contribution in [-0.2, 0) is 0 Å². The number of carbonyl (C=O) groups is 1. The van der Waals surface area contributed by atoms with Gasteiger partial charge in [-0.2, -0.15) is 5.10 Å². The summed E-state index contributed by atoms with van der Waals surface area (Å²) in [4.78, 5) is 18.5. The predicted molar refractivity (Wildman–Crippen MR) is 91.8 cm³/mol. The van der Waals surface area contributed by atoms with Crippen molar-refractivity contribution in [1.29, 1.82) is 0 Å². The molecular formula is C17H25N5O. The quantitative estimate of drug-likeness (QED) is 0.808. The lowest BCUT2D eigenvalue weighted by molar-refractivity contribution is 0.210. The summed E-state index contributed by atoms with van der Waals surface area (Å²) in [6.45, 7) is 5.84. The van der Waals surface area contributed by atoms with Gasteiger partial charge in [0.05, 0.1) is 11.4 Å². The van der Waals surface area contributed by atoms with E-state index in [0.29, 0.717) is 0 Å². The highest BCUT2D eigenvalue weighted by Gasteiger charge is 2.14. The minimum absolute atomic E-state index is 0.0561. The molecule has 2 rings (SSSR count). The summed E-state index contributed by atoms with van der Waals surface area (Å²) in [6, 6.07) is 7.55. The summed E-state index contributed by atoms with van der Waals surface area (Å²) in [6.07, 6.45) is 7.28. The normalized spacial score (nSPS) is 10.5. The van der Waals surface area contributed by atoms with Gasteiger partial charge in [0.1, 0.15) is 12.7 Å². The van der Waals surface area contributed by atoms with Crippen molar-refractivity contribution in [3.05, 3.63) is 36.9 Å². The number of carbonyl (C=O) groups excluding carboxylic acids is 1. The first-order valence-corrected chi connectivity index (χ1v) is 8.26. The molecule has 0 fully saturated rings. The molecule has 2 aromatic rings. The average Bonchev–Trinajstić information content (AvgIpc) is 3.09. The Bertz CT molecular complexity index is 589. The Hall–Kier alpha value is -2.37. The number of para-hydroxylation sites is 2. The summed E-state index contributed by atoms with van der Waals surface area (Å²) in [5.74, 6) is 0. The van der Waals surface area contributed by atoms with E-state index < -0.39 is 0 Å². The molecule has 0 aliphatic rings. The monoisotopic (exact) mass is 315 g/mol. The Balaban J connectivity index is 2.11. The zero-order chi connectivity index (χ0) is 16.5. The fourth-order valence-electron chi connectivity index (χ4n) is 2.32. The number of unbranched alkanes of at least 4 members (excludes halogenated alkanes) is 2. The maximum absolute atomic E-state index is 12.6. The molecule has 0 unspecified atom stereocenters. The highest BCUT2D eigenvalue weighted by molar-refractivity contribution is 5.91. The van der Waals surface area contributed by atoms with E-state index in [1.165, 1.54) is 6.33 Å². The van der Waals surface area contributed by atoms with Gasteiger partial charge in [0, 0.05) is 13.1 Å². The first kappa shape index (κ1) is 17.0. The molecule has 0 saturated heterocycles. The molecule has 6 nitrogen and oxygen atoms in total. The molecule has 0 atom stereocenters.